The quantitative estimate of drug-likeness (QED) is 0.773. The van der Waals surface area contributed by atoms with E-state index in [4.69, 9.17) is 0 Å². The maximum Gasteiger partial charge on any atom is 0.391 e. The van der Waals surface area contributed by atoms with Crippen molar-refractivity contribution in [3.8, 4) is 0 Å². The molecule has 112 valence electrons. The fourth-order valence-corrected chi connectivity index (χ4v) is 3.81. The van der Waals surface area contributed by atoms with E-state index in [-0.39, 0.29) is 12.5 Å². The Morgan fingerprint density at radius 3 is 2.32 bits per heavy atom. The van der Waals surface area contributed by atoms with E-state index in [1.54, 1.807) is 0 Å². The zero-order valence-electron chi connectivity index (χ0n) is 12.0. The van der Waals surface area contributed by atoms with Gasteiger partial charge in [0.05, 0.1) is 5.92 Å². The van der Waals surface area contributed by atoms with E-state index in [2.05, 4.69) is 19.2 Å². The Bertz CT molecular complexity index is 298. The third-order valence-electron chi connectivity index (χ3n) is 4.81. The lowest BCUT2D eigenvalue weighted by atomic mass is 9.74. The Kier molecular flexibility index (Phi) is 4.49. The number of halogens is 3. The first-order valence-electron chi connectivity index (χ1n) is 7.59. The molecule has 0 aromatic heterocycles. The molecule has 0 spiro atoms. The smallest absolute Gasteiger partial charge is 0.311 e. The van der Waals surface area contributed by atoms with Crippen LogP contribution in [0.15, 0.2) is 0 Å². The molecule has 3 unspecified atom stereocenters. The van der Waals surface area contributed by atoms with Gasteiger partial charge in [-0.1, -0.05) is 26.7 Å². The van der Waals surface area contributed by atoms with Gasteiger partial charge in [-0.25, -0.2) is 0 Å². The van der Waals surface area contributed by atoms with E-state index < -0.39 is 12.1 Å². The van der Waals surface area contributed by atoms with Gasteiger partial charge in [0.2, 0.25) is 0 Å². The Balaban J connectivity index is 1.85. The van der Waals surface area contributed by atoms with Crippen LogP contribution in [0, 0.1) is 11.3 Å². The monoisotopic (exact) mass is 277 g/mol. The standard InChI is InChI=1S/C15H26F3N/c1-14(2)8-4-7-13(10-14)19-12-6-3-5-11(9-12)15(16,17)18/h11-13,19H,3-10H2,1-2H3. The number of rotatable bonds is 2. The van der Waals surface area contributed by atoms with Crippen molar-refractivity contribution in [2.45, 2.75) is 83.5 Å². The van der Waals surface area contributed by atoms with Gasteiger partial charge >= 0.3 is 6.18 Å². The molecule has 3 atom stereocenters. The number of nitrogens with one attached hydrogen (secondary N) is 1. The highest BCUT2D eigenvalue weighted by atomic mass is 19.4. The summed E-state index contributed by atoms with van der Waals surface area (Å²) < 4.78 is 38.4. The van der Waals surface area contributed by atoms with Gasteiger partial charge in [0.1, 0.15) is 0 Å². The summed E-state index contributed by atoms with van der Waals surface area (Å²) in [6.07, 6.45) is 2.85. The van der Waals surface area contributed by atoms with Crippen LogP contribution in [0.4, 0.5) is 13.2 Å². The highest BCUT2D eigenvalue weighted by molar-refractivity contribution is 4.88. The lowest BCUT2D eigenvalue weighted by Gasteiger charge is -2.39. The minimum absolute atomic E-state index is 0.0688. The highest BCUT2D eigenvalue weighted by Gasteiger charge is 2.42. The SMILES string of the molecule is CC1(C)CCCC(NC2CCCC(C(F)(F)F)C2)C1. The molecule has 0 aromatic carbocycles. The molecule has 0 saturated heterocycles. The van der Waals surface area contributed by atoms with Crippen LogP contribution in [0.1, 0.15) is 65.2 Å². The summed E-state index contributed by atoms with van der Waals surface area (Å²) >= 11 is 0. The second-order valence-electron chi connectivity index (χ2n) is 7.23. The number of hydrogen-bond donors (Lipinski definition) is 1. The summed E-state index contributed by atoms with van der Waals surface area (Å²) in [4.78, 5) is 0. The maximum absolute atomic E-state index is 12.8. The lowest BCUT2D eigenvalue weighted by molar-refractivity contribution is -0.184. The van der Waals surface area contributed by atoms with E-state index >= 15 is 0 Å². The van der Waals surface area contributed by atoms with Crippen molar-refractivity contribution in [1.82, 2.24) is 5.32 Å². The Morgan fingerprint density at radius 1 is 1.00 bits per heavy atom. The van der Waals surface area contributed by atoms with E-state index in [0.29, 0.717) is 24.3 Å². The summed E-state index contributed by atoms with van der Waals surface area (Å²) in [7, 11) is 0. The van der Waals surface area contributed by atoms with Crippen molar-refractivity contribution in [2.24, 2.45) is 11.3 Å². The van der Waals surface area contributed by atoms with Crippen LogP contribution < -0.4 is 5.32 Å². The third-order valence-corrected chi connectivity index (χ3v) is 4.81. The van der Waals surface area contributed by atoms with Crippen LogP contribution in [0.5, 0.6) is 0 Å². The molecule has 1 nitrogen and oxygen atoms in total. The molecule has 2 aliphatic rings. The van der Waals surface area contributed by atoms with Gasteiger partial charge in [-0.15, -0.1) is 0 Å². The van der Waals surface area contributed by atoms with E-state index in [1.807, 2.05) is 0 Å². The molecule has 4 heteroatoms. The van der Waals surface area contributed by atoms with Gasteiger partial charge in [0.15, 0.2) is 0 Å². The van der Waals surface area contributed by atoms with Gasteiger partial charge in [0, 0.05) is 12.1 Å². The predicted octanol–water partition coefficient (Wildman–Crippen LogP) is 4.67. The topological polar surface area (TPSA) is 12.0 Å². The van der Waals surface area contributed by atoms with Gasteiger partial charge in [0.25, 0.3) is 0 Å². The predicted molar refractivity (Wildman–Crippen MR) is 71.0 cm³/mol. The van der Waals surface area contributed by atoms with Gasteiger partial charge < -0.3 is 5.32 Å². The third kappa shape index (κ3) is 4.37. The molecule has 1 N–H and O–H groups in total. The molecule has 0 bridgehead atoms. The van der Waals surface area contributed by atoms with Crippen molar-refractivity contribution in [2.75, 3.05) is 0 Å². The number of alkyl halides is 3. The molecule has 0 aliphatic heterocycles. The highest BCUT2D eigenvalue weighted by Crippen LogP contribution is 2.39. The van der Waals surface area contributed by atoms with Crippen molar-refractivity contribution in [1.29, 1.82) is 0 Å². The number of hydrogen-bond acceptors (Lipinski definition) is 1. The van der Waals surface area contributed by atoms with E-state index in [0.717, 1.165) is 19.3 Å². The Labute approximate surface area is 114 Å². The van der Waals surface area contributed by atoms with E-state index in [9.17, 15) is 13.2 Å². The molecule has 0 heterocycles. The minimum Gasteiger partial charge on any atom is -0.311 e. The van der Waals surface area contributed by atoms with Gasteiger partial charge in [-0.05, 0) is 43.9 Å². The van der Waals surface area contributed by atoms with E-state index in [1.165, 1.54) is 12.8 Å². The molecule has 2 rings (SSSR count). The van der Waals surface area contributed by atoms with Crippen LogP contribution in [-0.4, -0.2) is 18.3 Å². The second-order valence-corrected chi connectivity index (χ2v) is 7.23. The summed E-state index contributed by atoms with van der Waals surface area (Å²) in [6.45, 7) is 4.53. The van der Waals surface area contributed by atoms with Crippen LogP contribution >= 0.6 is 0 Å². The summed E-state index contributed by atoms with van der Waals surface area (Å²) in [6, 6.07) is 0.486. The second kappa shape index (κ2) is 5.63. The van der Waals surface area contributed by atoms with Crippen LogP contribution in [0.3, 0.4) is 0 Å². The molecule has 19 heavy (non-hydrogen) atoms. The van der Waals surface area contributed by atoms with Crippen LogP contribution in [0.2, 0.25) is 0 Å². The normalized spacial score (nSPS) is 36.2. The fourth-order valence-electron chi connectivity index (χ4n) is 3.81. The van der Waals surface area contributed by atoms with Crippen molar-refractivity contribution >= 4 is 0 Å². The zero-order chi connectivity index (χ0) is 14.1. The average Bonchev–Trinajstić information content (AvgIpc) is 2.26. The minimum atomic E-state index is -4.01. The molecule has 0 aromatic rings. The molecule has 2 fully saturated rings. The molecule has 2 aliphatic carbocycles. The lowest BCUT2D eigenvalue weighted by Crippen LogP contribution is -2.46. The Morgan fingerprint density at radius 2 is 1.68 bits per heavy atom. The fraction of sp³-hybridized carbons (Fsp3) is 1.00. The molecule has 0 radical (unpaired) electrons. The Hall–Kier alpha value is -0.250. The van der Waals surface area contributed by atoms with Gasteiger partial charge in [-0.2, -0.15) is 13.2 Å². The summed E-state index contributed by atoms with van der Waals surface area (Å²) in [5.41, 5.74) is 0.341. The zero-order valence-corrected chi connectivity index (χ0v) is 12.0. The van der Waals surface area contributed by atoms with Crippen molar-refractivity contribution < 1.29 is 13.2 Å². The van der Waals surface area contributed by atoms with Crippen LogP contribution in [-0.2, 0) is 0 Å². The summed E-state index contributed by atoms with van der Waals surface area (Å²) in [5, 5.41) is 3.52. The molecule has 0 amide bonds. The van der Waals surface area contributed by atoms with Crippen molar-refractivity contribution in [3.05, 3.63) is 0 Å². The van der Waals surface area contributed by atoms with Crippen LogP contribution in [0.25, 0.3) is 0 Å². The molecule has 2 saturated carbocycles. The van der Waals surface area contributed by atoms with Gasteiger partial charge in [-0.3, -0.25) is 0 Å². The first kappa shape index (κ1) is 15.1. The first-order valence-corrected chi connectivity index (χ1v) is 7.59. The van der Waals surface area contributed by atoms with Crippen molar-refractivity contribution in [3.63, 3.8) is 0 Å². The largest absolute Gasteiger partial charge is 0.391 e. The molecular formula is C15H26F3N. The molecular weight excluding hydrogens is 251 g/mol. The average molecular weight is 277 g/mol. The first-order chi connectivity index (χ1) is 8.76. The maximum atomic E-state index is 12.8. The summed E-state index contributed by atoms with van der Waals surface area (Å²) in [5.74, 6) is -1.09.